The Hall–Kier alpha value is -1.33. The third-order valence-corrected chi connectivity index (χ3v) is 2.05. The first-order valence-corrected chi connectivity index (χ1v) is 5.00. The number of ether oxygens (including phenoxy) is 1. The molecule has 1 heterocycles. The Kier molecular flexibility index (Phi) is 4.86. The number of pyridine rings is 1. The maximum absolute atomic E-state index is 5.28. The standard InChI is InChI=1S/C10H18N4O/c1-3-15-8-7-14(2)10-6-4-5-9(12-10)13-11/h4-6H,3,7-8,11H2,1-2H3,(H,12,13). The van der Waals surface area contributed by atoms with Gasteiger partial charge in [-0.15, -0.1) is 0 Å². The number of hydrazine groups is 1. The molecule has 0 atom stereocenters. The molecule has 3 N–H and O–H groups in total. The van der Waals surface area contributed by atoms with E-state index in [1.165, 1.54) is 0 Å². The number of nitrogens with one attached hydrogen (secondary N) is 1. The summed E-state index contributed by atoms with van der Waals surface area (Å²) >= 11 is 0. The van der Waals surface area contributed by atoms with Gasteiger partial charge in [-0.1, -0.05) is 6.07 Å². The highest BCUT2D eigenvalue weighted by Gasteiger charge is 2.02. The molecule has 1 aromatic heterocycles. The first-order chi connectivity index (χ1) is 7.27. The summed E-state index contributed by atoms with van der Waals surface area (Å²) in [4.78, 5) is 6.33. The molecule has 0 aliphatic carbocycles. The third-order valence-electron chi connectivity index (χ3n) is 2.05. The predicted octanol–water partition coefficient (Wildman–Crippen LogP) is 0.840. The Balaban J connectivity index is 2.52. The van der Waals surface area contributed by atoms with Crippen molar-refractivity contribution in [1.82, 2.24) is 4.98 Å². The summed E-state index contributed by atoms with van der Waals surface area (Å²) in [7, 11) is 1.97. The number of nitrogens with two attached hydrogens (primary N) is 1. The number of anilines is 2. The lowest BCUT2D eigenvalue weighted by atomic mass is 10.4. The molecule has 0 amide bonds. The van der Waals surface area contributed by atoms with Gasteiger partial charge < -0.3 is 15.1 Å². The highest BCUT2D eigenvalue weighted by Crippen LogP contribution is 2.11. The van der Waals surface area contributed by atoms with Gasteiger partial charge in [-0.25, -0.2) is 10.8 Å². The van der Waals surface area contributed by atoms with Gasteiger partial charge in [-0.3, -0.25) is 0 Å². The van der Waals surface area contributed by atoms with Crippen LogP contribution in [0.5, 0.6) is 0 Å². The van der Waals surface area contributed by atoms with Crippen LogP contribution in [-0.2, 0) is 4.74 Å². The number of hydrogen-bond donors (Lipinski definition) is 2. The topological polar surface area (TPSA) is 63.4 Å². The zero-order valence-corrected chi connectivity index (χ0v) is 9.23. The Labute approximate surface area is 90.2 Å². The van der Waals surface area contributed by atoms with Crippen molar-refractivity contribution in [2.24, 2.45) is 5.84 Å². The summed E-state index contributed by atoms with van der Waals surface area (Å²) in [5, 5.41) is 0. The SMILES string of the molecule is CCOCCN(C)c1cccc(NN)n1. The molecule has 0 radical (unpaired) electrons. The minimum Gasteiger partial charge on any atom is -0.380 e. The van der Waals surface area contributed by atoms with E-state index in [0.29, 0.717) is 12.4 Å². The van der Waals surface area contributed by atoms with Crippen LogP contribution in [0.2, 0.25) is 0 Å². The second-order valence-corrected chi connectivity index (χ2v) is 3.14. The van der Waals surface area contributed by atoms with Crippen LogP contribution in [0, 0.1) is 0 Å². The van der Waals surface area contributed by atoms with Gasteiger partial charge in [0.05, 0.1) is 6.61 Å². The fourth-order valence-corrected chi connectivity index (χ4v) is 1.18. The van der Waals surface area contributed by atoms with Crippen molar-refractivity contribution < 1.29 is 4.74 Å². The Morgan fingerprint density at radius 3 is 3.00 bits per heavy atom. The van der Waals surface area contributed by atoms with Crippen LogP contribution in [0.25, 0.3) is 0 Å². The molecule has 0 saturated heterocycles. The number of nitrogen functional groups attached to an aromatic ring is 1. The molecule has 0 saturated carbocycles. The second-order valence-electron chi connectivity index (χ2n) is 3.14. The number of aromatic nitrogens is 1. The van der Waals surface area contributed by atoms with Crippen molar-refractivity contribution in [2.45, 2.75) is 6.92 Å². The van der Waals surface area contributed by atoms with E-state index >= 15 is 0 Å². The van der Waals surface area contributed by atoms with Crippen molar-refractivity contribution in [2.75, 3.05) is 37.1 Å². The van der Waals surface area contributed by atoms with E-state index in [-0.39, 0.29) is 0 Å². The highest BCUT2D eigenvalue weighted by atomic mass is 16.5. The smallest absolute Gasteiger partial charge is 0.142 e. The van der Waals surface area contributed by atoms with Crippen molar-refractivity contribution in [1.29, 1.82) is 0 Å². The van der Waals surface area contributed by atoms with E-state index in [0.717, 1.165) is 19.0 Å². The van der Waals surface area contributed by atoms with Gasteiger partial charge in [0.15, 0.2) is 0 Å². The summed E-state index contributed by atoms with van der Waals surface area (Å²) < 4.78 is 5.27. The molecule has 1 aromatic rings. The maximum atomic E-state index is 5.28. The molecule has 15 heavy (non-hydrogen) atoms. The molecule has 5 heteroatoms. The quantitative estimate of drug-likeness (QED) is 0.414. The van der Waals surface area contributed by atoms with Gasteiger partial charge in [0.25, 0.3) is 0 Å². The molecule has 0 bridgehead atoms. The average molecular weight is 210 g/mol. The molecule has 0 spiro atoms. The van der Waals surface area contributed by atoms with Crippen molar-refractivity contribution in [3.05, 3.63) is 18.2 Å². The van der Waals surface area contributed by atoms with E-state index < -0.39 is 0 Å². The Morgan fingerprint density at radius 1 is 1.53 bits per heavy atom. The van der Waals surface area contributed by atoms with Crippen LogP contribution in [0.3, 0.4) is 0 Å². The Bertz CT molecular complexity index is 293. The number of rotatable bonds is 6. The highest BCUT2D eigenvalue weighted by molar-refractivity contribution is 5.45. The summed E-state index contributed by atoms with van der Waals surface area (Å²) in [5.41, 5.74) is 2.52. The van der Waals surface area contributed by atoms with Crippen LogP contribution in [0.1, 0.15) is 6.92 Å². The van der Waals surface area contributed by atoms with Crippen molar-refractivity contribution in [3.63, 3.8) is 0 Å². The monoisotopic (exact) mass is 210 g/mol. The molecule has 1 rings (SSSR count). The van der Waals surface area contributed by atoms with Crippen molar-refractivity contribution in [3.8, 4) is 0 Å². The first-order valence-electron chi connectivity index (χ1n) is 5.00. The van der Waals surface area contributed by atoms with Gasteiger partial charge in [0, 0.05) is 20.2 Å². The zero-order valence-electron chi connectivity index (χ0n) is 9.23. The fraction of sp³-hybridized carbons (Fsp3) is 0.500. The van der Waals surface area contributed by atoms with Crippen LogP contribution >= 0.6 is 0 Å². The van der Waals surface area contributed by atoms with E-state index in [4.69, 9.17) is 10.6 Å². The maximum Gasteiger partial charge on any atom is 0.142 e. The normalized spacial score (nSPS) is 10.1. The molecule has 0 aliphatic heterocycles. The van der Waals surface area contributed by atoms with Gasteiger partial charge in [-0.05, 0) is 19.1 Å². The molecular weight excluding hydrogens is 192 g/mol. The number of nitrogens with zero attached hydrogens (tertiary/aromatic N) is 2. The minimum absolute atomic E-state index is 0.663. The van der Waals surface area contributed by atoms with Gasteiger partial charge in [0.1, 0.15) is 11.6 Å². The summed E-state index contributed by atoms with van der Waals surface area (Å²) in [5.74, 6) is 6.83. The number of likely N-dealkylation sites (N-methyl/N-ethyl adjacent to an activating group) is 1. The van der Waals surface area contributed by atoms with Crippen LogP contribution < -0.4 is 16.2 Å². The van der Waals surface area contributed by atoms with Crippen LogP contribution in [0.4, 0.5) is 11.6 Å². The lowest BCUT2D eigenvalue weighted by molar-refractivity contribution is 0.154. The van der Waals surface area contributed by atoms with E-state index in [9.17, 15) is 0 Å². The molecule has 0 aromatic carbocycles. The third kappa shape index (κ3) is 3.73. The molecule has 0 unspecified atom stereocenters. The minimum atomic E-state index is 0.663. The molecular formula is C10H18N4O. The molecule has 84 valence electrons. The van der Waals surface area contributed by atoms with E-state index in [1.54, 1.807) is 0 Å². The second kappa shape index (κ2) is 6.21. The van der Waals surface area contributed by atoms with Gasteiger partial charge in [0.2, 0.25) is 0 Å². The lowest BCUT2D eigenvalue weighted by Gasteiger charge is -2.18. The van der Waals surface area contributed by atoms with E-state index in [2.05, 4.69) is 10.4 Å². The van der Waals surface area contributed by atoms with Gasteiger partial charge in [-0.2, -0.15) is 0 Å². The largest absolute Gasteiger partial charge is 0.380 e. The number of hydrogen-bond acceptors (Lipinski definition) is 5. The zero-order chi connectivity index (χ0) is 11.1. The van der Waals surface area contributed by atoms with Crippen LogP contribution in [-0.4, -0.2) is 31.8 Å². The van der Waals surface area contributed by atoms with Crippen molar-refractivity contribution >= 4 is 11.6 Å². The summed E-state index contributed by atoms with van der Waals surface area (Å²) in [6.07, 6.45) is 0. The Morgan fingerprint density at radius 2 is 2.33 bits per heavy atom. The fourth-order valence-electron chi connectivity index (χ4n) is 1.18. The molecule has 5 nitrogen and oxygen atoms in total. The predicted molar refractivity (Wildman–Crippen MR) is 61.8 cm³/mol. The van der Waals surface area contributed by atoms with Crippen LogP contribution in [0.15, 0.2) is 18.2 Å². The van der Waals surface area contributed by atoms with Gasteiger partial charge >= 0.3 is 0 Å². The van der Waals surface area contributed by atoms with E-state index in [1.807, 2.05) is 37.1 Å². The first kappa shape index (κ1) is 11.7. The summed E-state index contributed by atoms with van der Waals surface area (Å²) in [6, 6.07) is 5.67. The average Bonchev–Trinajstić information content (AvgIpc) is 2.29. The molecule has 0 fully saturated rings. The summed E-state index contributed by atoms with van der Waals surface area (Å²) in [6.45, 7) is 4.24. The molecule has 0 aliphatic rings. The lowest BCUT2D eigenvalue weighted by Crippen LogP contribution is -2.24.